The molecule has 2 heterocycles. The predicted molar refractivity (Wildman–Crippen MR) is 76.0 cm³/mol. The van der Waals surface area contributed by atoms with E-state index in [1.54, 1.807) is 0 Å². The SMILES string of the molecule is c1cc(N2CCCC2)ccc1CN1CCNCC1. The molecule has 0 aromatic heterocycles. The molecule has 2 aliphatic heterocycles. The zero-order chi connectivity index (χ0) is 12.2. The van der Waals surface area contributed by atoms with Crippen LogP contribution in [0.3, 0.4) is 0 Å². The first-order valence-corrected chi connectivity index (χ1v) is 7.19. The maximum atomic E-state index is 3.40. The van der Waals surface area contributed by atoms with Crippen molar-refractivity contribution in [3.8, 4) is 0 Å². The standard InChI is InChI=1S/C15H23N3/c1-2-10-18(9-1)15-5-3-14(4-6-15)13-17-11-7-16-8-12-17/h3-6,16H,1-2,7-13H2. The monoisotopic (exact) mass is 245 g/mol. The largest absolute Gasteiger partial charge is 0.372 e. The van der Waals surface area contributed by atoms with Gasteiger partial charge >= 0.3 is 0 Å². The van der Waals surface area contributed by atoms with Crippen molar-refractivity contribution in [3.05, 3.63) is 29.8 Å². The molecule has 1 aromatic rings. The molecule has 98 valence electrons. The number of nitrogens with zero attached hydrogens (tertiary/aromatic N) is 2. The zero-order valence-corrected chi connectivity index (χ0v) is 11.1. The second-order valence-electron chi connectivity index (χ2n) is 5.39. The van der Waals surface area contributed by atoms with Gasteiger partial charge in [-0.05, 0) is 30.5 Å². The molecule has 0 saturated carbocycles. The van der Waals surface area contributed by atoms with Gasteiger partial charge in [-0.15, -0.1) is 0 Å². The van der Waals surface area contributed by atoms with Crippen LogP contribution in [0.2, 0.25) is 0 Å². The molecule has 0 aliphatic carbocycles. The fourth-order valence-corrected chi connectivity index (χ4v) is 2.91. The van der Waals surface area contributed by atoms with Crippen LogP contribution in [0.1, 0.15) is 18.4 Å². The van der Waals surface area contributed by atoms with Crippen molar-refractivity contribution in [3.63, 3.8) is 0 Å². The fourth-order valence-electron chi connectivity index (χ4n) is 2.91. The van der Waals surface area contributed by atoms with Gasteiger partial charge in [0.25, 0.3) is 0 Å². The summed E-state index contributed by atoms with van der Waals surface area (Å²) in [6.07, 6.45) is 2.70. The maximum absolute atomic E-state index is 3.40. The molecule has 0 atom stereocenters. The minimum Gasteiger partial charge on any atom is -0.372 e. The average Bonchev–Trinajstić information content (AvgIpc) is 2.95. The van der Waals surface area contributed by atoms with E-state index in [0.717, 1.165) is 19.6 Å². The summed E-state index contributed by atoms with van der Waals surface area (Å²) in [6, 6.07) is 9.19. The first kappa shape index (κ1) is 12.0. The predicted octanol–water partition coefficient (Wildman–Crippen LogP) is 1.69. The molecular formula is C15H23N3. The third kappa shape index (κ3) is 2.85. The molecule has 1 aromatic carbocycles. The van der Waals surface area contributed by atoms with Crippen molar-refractivity contribution >= 4 is 5.69 Å². The first-order valence-electron chi connectivity index (χ1n) is 7.19. The Morgan fingerprint density at radius 2 is 1.56 bits per heavy atom. The van der Waals surface area contributed by atoms with E-state index in [4.69, 9.17) is 0 Å². The number of anilines is 1. The highest BCUT2D eigenvalue weighted by molar-refractivity contribution is 5.48. The van der Waals surface area contributed by atoms with E-state index in [2.05, 4.69) is 39.4 Å². The number of piperazine rings is 1. The van der Waals surface area contributed by atoms with Crippen LogP contribution in [0.5, 0.6) is 0 Å². The Hall–Kier alpha value is -1.06. The minimum absolute atomic E-state index is 1.10. The van der Waals surface area contributed by atoms with Crippen molar-refractivity contribution in [2.24, 2.45) is 0 Å². The molecule has 3 rings (SSSR count). The topological polar surface area (TPSA) is 18.5 Å². The van der Waals surface area contributed by atoms with Crippen molar-refractivity contribution < 1.29 is 0 Å². The van der Waals surface area contributed by atoms with E-state index < -0.39 is 0 Å². The number of benzene rings is 1. The highest BCUT2D eigenvalue weighted by Gasteiger charge is 2.13. The second-order valence-corrected chi connectivity index (χ2v) is 5.39. The third-order valence-electron chi connectivity index (χ3n) is 4.02. The van der Waals surface area contributed by atoms with Crippen LogP contribution in [0, 0.1) is 0 Å². The van der Waals surface area contributed by atoms with Crippen molar-refractivity contribution in [2.45, 2.75) is 19.4 Å². The maximum Gasteiger partial charge on any atom is 0.0366 e. The molecule has 0 radical (unpaired) electrons. The average molecular weight is 245 g/mol. The Morgan fingerprint density at radius 1 is 0.889 bits per heavy atom. The van der Waals surface area contributed by atoms with E-state index in [0.29, 0.717) is 0 Å². The molecule has 0 spiro atoms. The van der Waals surface area contributed by atoms with Crippen LogP contribution in [-0.2, 0) is 6.54 Å². The van der Waals surface area contributed by atoms with Crippen LogP contribution < -0.4 is 10.2 Å². The van der Waals surface area contributed by atoms with Gasteiger partial charge in [0.2, 0.25) is 0 Å². The van der Waals surface area contributed by atoms with Gasteiger partial charge in [-0.3, -0.25) is 4.90 Å². The quantitative estimate of drug-likeness (QED) is 0.874. The molecule has 2 fully saturated rings. The lowest BCUT2D eigenvalue weighted by Crippen LogP contribution is -2.42. The molecule has 3 nitrogen and oxygen atoms in total. The van der Waals surface area contributed by atoms with E-state index in [9.17, 15) is 0 Å². The highest BCUT2D eigenvalue weighted by Crippen LogP contribution is 2.20. The molecule has 0 unspecified atom stereocenters. The van der Waals surface area contributed by atoms with Crippen molar-refractivity contribution in [2.75, 3.05) is 44.2 Å². The molecular weight excluding hydrogens is 222 g/mol. The third-order valence-corrected chi connectivity index (χ3v) is 4.02. The molecule has 1 N–H and O–H groups in total. The minimum atomic E-state index is 1.10. The zero-order valence-electron chi connectivity index (χ0n) is 11.1. The van der Waals surface area contributed by atoms with Gasteiger partial charge in [-0.1, -0.05) is 12.1 Å². The lowest BCUT2D eigenvalue weighted by Gasteiger charge is -2.27. The van der Waals surface area contributed by atoms with Crippen LogP contribution >= 0.6 is 0 Å². The van der Waals surface area contributed by atoms with E-state index in [1.807, 2.05) is 0 Å². The molecule has 18 heavy (non-hydrogen) atoms. The number of rotatable bonds is 3. The van der Waals surface area contributed by atoms with Crippen LogP contribution in [0.4, 0.5) is 5.69 Å². The van der Waals surface area contributed by atoms with Gasteiger partial charge < -0.3 is 10.2 Å². The van der Waals surface area contributed by atoms with E-state index >= 15 is 0 Å². The normalized spacial score (nSPS) is 21.4. The lowest BCUT2D eigenvalue weighted by atomic mass is 10.1. The Kier molecular flexibility index (Phi) is 3.81. The van der Waals surface area contributed by atoms with Crippen LogP contribution in [0.15, 0.2) is 24.3 Å². The smallest absolute Gasteiger partial charge is 0.0366 e. The fraction of sp³-hybridized carbons (Fsp3) is 0.600. The Labute approximate surface area is 110 Å². The lowest BCUT2D eigenvalue weighted by molar-refractivity contribution is 0.233. The summed E-state index contributed by atoms with van der Waals surface area (Å²) in [4.78, 5) is 5.02. The van der Waals surface area contributed by atoms with Crippen LogP contribution in [-0.4, -0.2) is 44.2 Å². The van der Waals surface area contributed by atoms with Gasteiger partial charge in [-0.2, -0.15) is 0 Å². The summed E-state index contributed by atoms with van der Waals surface area (Å²) in [6.45, 7) is 8.18. The van der Waals surface area contributed by atoms with E-state index in [1.165, 1.54) is 50.3 Å². The number of hydrogen-bond donors (Lipinski definition) is 1. The van der Waals surface area contributed by atoms with Gasteiger partial charge in [0.05, 0.1) is 0 Å². The summed E-state index contributed by atoms with van der Waals surface area (Å²) >= 11 is 0. The Morgan fingerprint density at radius 3 is 2.22 bits per heavy atom. The summed E-state index contributed by atoms with van der Waals surface area (Å²) in [5.74, 6) is 0. The molecule has 2 saturated heterocycles. The summed E-state index contributed by atoms with van der Waals surface area (Å²) in [7, 11) is 0. The van der Waals surface area contributed by atoms with Gasteiger partial charge in [0, 0.05) is 51.5 Å². The number of nitrogens with one attached hydrogen (secondary N) is 1. The highest BCUT2D eigenvalue weighted by atomic mass is 15.2. The second kappa shape index (κ2) is 5.72. The summed E-state index contributed by atoms with van der Waals surface area (Å²) < 4.78 is 0. The molecule has 2 aliphatic rings. The molecule has 0 bridgehead atoms. The van der Waals surface area contributed by atoms with Crippen molar-refractivity contribution in [1.82, 2.24) is 10.2 Å². The van der Waals surface area contributed by atoms with Gasteiger partial charge in [0.15, 0.2) is 0 Å². The van der Waals surface area contributed by atoms with Gasteiger partial charge in [-0.25, -0.2) is 0 Å². The summed E-state index contributed by atoms with van der Waals surface area (Å²) in [5.41, 5.74) is 2.84. The molecule has 3 heteroatoms. The summed E-state index contributed by atoms with van der Waals surface area (Å²) in [5, 5.41) is 3.40. The first-order chi connectivity index (χ1) is 8.92. The van der Waals surface area contributed by atoms with E-state index in [-0.39, 0.29) is 0 Å². The van der Waals surface area contributed by atoms with Crippen molar-refractivity contribution in [1.29, 1.82) is 0 Å². The van der Waals surface area contributed by atoms with Crippen LogP contribution in [0.25, 0.3) is 0 Å². The van der Waals surface area contributed by atoms with Gasteiger partial charge in [0.1, 0.15) is 0 Å². The molecule has 0 amide bonds. The Balaban J connectivity index is 1.59. The Bertz CT molecular complexity index is 362. The number of hydrogen-bond acceptors (Lipinski definition) is 3.